The first-order valence-electron chi connectivity index (χ1n) is 4.22. The average molecular weight is 185 g/mol. The molecule has 12 heavy (non-hydrogen) atoms. The van der Waals surface area contributed by atoms with E-state index < -0.39 is 0 Å². The number of thiophene rings is 1. The molecule has 0 aromatic carbocycles. The summed E-state index contributed by atoms with van der Waals surface area (Å²) >= 11 is 1.70. The van der Waals surface area contributed by atoms with Gasteiger partial charge in [-0.3, -0.25) is 0 Å². The second-order valence-corrected chi connectivity index (χ2v) is 3.58. The fourth-order valence-corrected chi connectivity index (χ4v) is 1.66. The molecule has 0 amide bonds. The molecule has 0 aliphatic carbocycles. The van der Waals surface area contributed by atoms with Crippen molar-refractivity contribution in [3.05, 3.63) is 22.4 Å². The predicted molar refractivity (Wildman–Crippen MR) is 52.3 cm³/mol. The molecule has 2 N–H and O–H groups in total. The van der Waals surface area contributed by atoms with Crippen LogP contribution in [0, 0.1) is 0 Å². The minimum absolute atomic E-state index is 0.223. The van der Waals surface area contributed by atoms with E-state index in [-0.39, 0.29) is 12.6 Å². The van der Waals surface area contributed by atoms with Crippen LogP contribution >= 0.6 is 11.3 Å². The SMILES string of the molecule is CCC(CO)NCc1ccsc1. The molecule has 1 rings (SSSR count). The van der Waals surface area contributed by atoms with Crippen molar-refractivity contribution in [1.82, 2.24) is 5.32 Å². The maximum atomic E-state index is 8.89. The lowest BCUT2D eigenvalue weighted by atomic mass is 10.2. The van der Waals surface area contributed by atoms with Crippen LogP contribution in [-0.4, -0.2) is 17.8 Å². The van der Waals surface area contributed by atoms with Gasteiger partial charge in [0.1, 0.15) is 0 Å². The maximum Gasteiger partial charge on any atom is 0.0584 e. The van der Waals surface area contributed by atoms with Crippen molar-refractivity contribution in [1.29, 1.82) is 0 Å². The standard InChI is InChI=1S/C9H15NOS/c1-2-9(6-11)10-5-8-3-4-12-7-8/h3-4,7,9-11H,2,5-6H2,1H3. The predicted octanol–water partition coefficient (Wildman–Crippen LogP) is 1.61. The number of aliphatic hydroxyl groups excluding tert-OH is 1. The summed E-state index contributed by atoms with van der Waals surface area (Å²) < 4.78 is 0. The monoisotopic (exact) mass is 185 g/mol. The van der Waals surface area contributed by atoms with Gasteiger partial charge in [-0.2, -0.15) is 11.3 Å². The highest BCUT2D eigenvalue weighted by atomic mass is 32.1. The van der Waals surface area contributed by atoms with Crippen molar-refractivity contribution in [2.75, 3.05) is 6.61 Å². The van der Waals surface area contributed by atoms with Crippen LogP contribution in [0.2, 0.25) is 0 Å². The van der Waals surface area contributed by atoms with E-state index in [0.29, 0.717) is 0 Å². The molecule has 1 unspecified atom stereocenters. The Labute approximate surface area is 77.2 Å². The molecule has 1 aromatic heterocycles. The Balaban J connectivity index is 2.25. The van der Waals surface area contributed by atoms with Crippen molar-refractivity contribution >= 4 is 11.3 Å². The van der Waals surface area contributed by atoms with Crippen LogP contribution in [0.4, 0.5) is 0 Å². The molecule has 0 fully saturated rings. The van der Waals surface area contributed by atoms with Gasteiger partial charge in [0.05, 0.1) is 6.61 Å². The molecule has 0 aliphatic rings. The van der Waals surface area contributed by atoms with Gasteiger partial charge in [0.25, 0.3) is 0 Å². The van der Waals surface area contributed by atoms with Crippen molar-refractivity contribution in [2.24, 2.45) is 0 Å². The van der Waals surface area contributed by atoms with Gasteiger partial charge in [0, 0.05) is 12.6 Å². The molecule has 1 aromatic rings. The maximum absolute atomic E-state index is 8.89. The quantitative estimate of drug-likeness (QED) is 0.730. The first-order chi connectivity index (χ1) is 5.86. The first kappa shape index (κ1) is 9.71. The van der Waals surface area contributed by atoms with E-state index in [1.165, 1.54) is 5.56 Å². The smallest absolute Gasteiger partial charge is 0.0584 e. The lowest BCUT2D eigenvalue weighted by Crippen LogP contribution is -2.30. The molecule has 2 nitrogen and oxygen atoms in total. The number of aliphatic hydroxyl groups is 1. The molecule has 0 saturated carbocycles. The van der Waals surface area contributed by atoms with Crippen LogP contribution in [0.15, 0.2) is 16.8 Å². The molecule has 0 bridgehead atoms. The minimum Gasteiger partial charge on any atom is -0.395 e. The second-order valence-electron chi connectivity index (χ2n) is 2.80. The molecular formula is C9H15NOS. The molecule has 68 valence electrons. The van der Waals surface area contributed by atoms with Gasteiger partial charge < -0.3 is 10.4 Å². The third kappa shape index (κ3) is 2.93. The highest BCUT2D eigenvalue weighted by Gasteiger charge is 2.02. The van der Waals surface area contributed by atoms with Crippen LogP contribution in [-0.2, 0) is 6.54 Å². The van der Waals surface area contributed by atoms with Gasteiger partial charge >= 0.3 is 0 Å². The third-order valence-corrected chi connectivity index (χ3v) is 2.62. The zero-order valence-corrected chi connectivity index (χ0v) is 8.10. The van der Waals surface area contributed by atoms with Gasteiger partial charge in [0.15, 0.2) is 0 Å². The lowest BCUT2D eigenvalue weighted by molar-refractivity contribution is 0.238. The molecule has 0 radical (unpaired) electrons. The average Bonchev–Trinajstić information content (AvgIpc) is 2.59. The van der Waals surface area contributed by atoms with Crippen LogP contribution in [0.3, 0.4) is 0 Å². The van der Waals surface area contributed by atoms with E-state index in [4.69, 9.17) is 5.11 Å². The zero-order chi connectivity index (χ0) is 8.81. The Morgan fingerprint density at radius 1 is 1.67 bits per heavy atom. The molecule has 0 saturated heterocycles. The summed E-state index contributed by atoms with van der Waals surface area (Å²) in [7, 11) is 0. The topological polar surface area (TPSA) is 32.3 Å². The van der Waals surface area contributed by atoms with Crippen molar-refractivity contribution in [2.45, 2.75) is 25.9 Å². The summed E-state index contributed by atoms with van der Waals surface area (Å²) in [5, 5.41) is 16.4. The largest absolute Gasteiger partial charge is 0.395 e. The van der Waals surface area contributed by atoms with E-state index in [0.717, 1.165) is 13.0 Å². The molecule has 0 aliphatic heterocycles. The van der Waals surface area contributed by atoms with E-state index in [2.05, 4.69) is 29.1 Å². The summed E-state index contributed by atoms with van der Waals surface area (Å²) in [5.74, 6) is 0. The Kier molecular flexibility index (Phi) is 4.29. The van der Waals surface area contributed by atoms with Gasteiger partial charge in [-0.05, 0) is 28.8 Å². The molecule has 1 heterocycles. The fourth-order valence-electron chi connectivity index (χ4n) is 0.993. The highest BCUT2D eigenvalue weighted by molar-refractivity contribution is 7.07. The van der Waals surface area contributed by atoms with Gasteiger partial charge in [-0.1, -0.05) is 6.92 Å². The summed E-state index contributed by atoms with van der Waals surface area (Å²) in [4.78, 5) is 0. The van der Waals surface area contributed by atoms with Crippen LogP contribution in [0.5, 0.6) is 0 Å². The van der Waals surface area contributed by atoms with Crippen LogP contribution < -0.4 is 5.32 Å². The molecule has 3 heteroatoms. The lowest BCUT2D eigenvalue weighted by Gasteiger charge is -2.12. The van der Waals surface area contributed by atoms with Gasteiger partial charge in [0.2, 0.25) is 0 Å². The van der Waals surface area contributed by atoms with Gasteiger partial charge in [-0.25, -0.2) is 0 Å². The normalized spacial score (nSPS) is 13.2. The van der Waals surface area contributed by atoms with Crippen LogP contribution in [0.1, 0.15) is 18.9 Å². The van der Waals surface area contributed by atoms with E-state index in [1.54, 1.807) is 11.3 Å². The number of hydrogen-bond donors (Lipinski definition) is 2. The second kappa shape index (κ2) is 5.30. The van der Waals surface area contributed by atoms with Gasteiger partial charge in [-0.15, -0.1) is 0 Å². The van der Waals surface area contributed by atoms with E-state index in [1.807, 2.05) is 0 Å². The number of nitrogens with one attached hydrogen (secondary N) is 1. The summed E-state index contributed by atoms with van der Waals surface area (Å²) in [6.45, 7) is 3.16. The minimum atomic E-state index is 0.223. The highest BCUT2D eigenvalue weighted by Crippen LogP contribution is 2.05. The van der Waals surface area contributed by atoms with Crippen LogP contribution in [0.25, 0.3) is 0 Å². The zero-order valence-electron chi connectivity index (χ0n) is 7.29. The number of rotatable bonds is 5. The third-order valence-electron chi connectivity index (χ3n) is 1.89. The Bertz CT molecular complexity index is 194. The molecule has 0 spiro atoms. The first-order valence-corrected chi connectivity index (χ1v) is 5.16. The molecule has 1 atom stereocenters. The summed E-state index contributed by atoms with van der Waals surface area (Å²) in [5.41, 5.74) is 1.30. The number of hydrogen-bond acceptors (Lipinski definition) is 3. The summed E-state index contributed by atoms with van der Waals surface area (Å²) in [6, 6.07) is 2.34. The Hall–Kier alpha value is -0.380. The van der Waals surface area contributed by atoms with Crippen molar-refractivity contribution in [3.8, 4) is 0 Å². The van der Waals surface area contributed by atoms with E-state index in [9.17, 15) is 0 Å². The Morgan fingerprint density at radius 2 is 2.50 bits per heavy atom. The van der Waals surface area contributed by atoms with Crippen molar-refractivity contribution in [3.63, 3.8) is 0 Å². The fraction of sp³-hybridized carbons (Fsp3) is 0.556. The Morgan fingerprint density at radius 3 is 3.00 bits per heavy atom. The summed E-state index contributed by atoms with van der Waals surface area (Å²) in [6.07, 6.45) is 0.973. The van der Waals surface area contributed by atoms with E-state index >= 15 is 0 Å². The molecular weight excluding hydrogens is 170 g/mol. The van der Waals surface area contributed by atoms with Crippen molar-refractivity contribution < 1.29 is 5.11 Å².